The molecule has 2 rings (SSSR count). The number of hydrogen-bond acceptors (Lipinski definition) is 4. The number of nitrogens with one attached hydrogen (secondary N) is 1. The van der Waals surface area contributed by atoms with E-state index in [1.807, 2.05) is 7.05 Å². The molecule has 1 heterocycles. The zero-order valence-electron chi connectivity index (χ0n) is 11.3. The van der Waals surface area contributed by atoms with Crippen LogP contribution < -0.4 is 10.2 Å². The van der Waals surface area contributed by atoms with Gasteiger partial charge in [-0.2, -0.15) is 0 Å². The van der Waals surface area contributed by atoms with Crippen molar-refractivity contribution in [3.63, 3.8) is 0 Å². The molecule has 0 aliphatic heterocycles. The fraction of sp³-hybridized carbons (Fsp3) is 0.692. The average Bonchev–Trinajstić information content (AvgIpc) is 2.39. The quantitative estimate of drug-likeness (QED) is 0.929. The smallest absolute Gasteiger partial charge is 0.148 e. The van der Waals surface area contributed by atoms with E-state index in [9.17, 15) is 0 Å². The fourth-order valence-electron chi connectivity index (χ4n) is 2.81. The maximum atomic E-state index is 4.42. The molecular weight excluding hydrogens is 292 g/mol. The van der Waals surface area contributed by atoms with Crippen molar-refractivity contribution < 1.29 is 0 Å². The molecule has 4 nitrogen and oxygen atoms in total. The van der Waals surface area contributed by atoms with Crippen LogP contribution in [0.3, 0.4) is 0 Å². The molecule has 18 heavy (non-hydrogen) atoms. The lowest BCUT2D eigenvalue weighted by atomic mass is 9.85. The number of hydrogen-bond donors (Lipinski definition) is 1. The van der Waals surface area contributed by atoms with E-state index < -0.39 is 0 Å². The van der Waals surface area contributed by atoms with Gasteiger partial charge in [-0.25, -0.2) is 9.97 Å². The van der Waals surface area contributed by atoms with Crippen LogP contribution in [0.2, 0.25) is 0 Å². The largest absolute Gasteiger partial charge is 0.372 e. The molecule has 1 aliphatic rings. The molecule has 1 fully saturated rings. The summed E-state index contributed by atoms with van der Waals surface area (Å²) in [6.45, 7) is 2.34. The molecule has 2 unspecified atom stereocenters. The van der Waals surface area contributed by atoms with Gasteiger partial charge in [0.05, 0.1) is 0 Å². The van der Waals surface area contributed by atoms with E-state index in [4.69, 9.17) is 0 Å². The van der Waals surface area contributed by atoms with Crippen LogP contribution in [0.15, 0.2) is 10.8 Å². The molecule has 100 valence electrons. The molecule has 2 atom stereocenters. The minimum absolute atomic E-state index is 0.578. The van der Waals surface area contributed by atoms with Gasteiger partial charge >= 0.3 is 0 Å². The van der Waals surface area contributed by atoms with Crippen molar-refractivity contribution in [2.45, 2.75) is 38.6 Å². The first-order valence-corrected chi connectivity index (χ1v) is 7.35. The minimum atomic E-state index is 0.578. The molecule has 1 aromatic heterocycles. The molecule has 5 heteroatoms. The highest BCUT2D eigenvalue weighted by molar-refractivity contribution is 9.10. The standard InChI is InChI=1S/C13H21BrN4/c1-9-6-4-5-7-10(9)18(3)13-11(14)12(15-2)16-8-17-13/h8-10H,4-7H2,1-3H3,(H,15,16,17). The predicted octanol–water partition coefficient (Wildman–Crippen LogP) is 3.30. The zero-order chi connectivity index (χ0) is 13.1. The van der Waals surface area contributed by atoms with Gasteiger partial charge in [-0.15, -0.1) is 0 Å². The van der Waals surface area contributed by atoms with Crippen LogP contribution in [-0.2, 0) is 0 Å². The Bertz CT molecular complexity index is 410. The summed E-state index contributed by atoms with van der Waals surface area (Å²) >= 11 is 3.60. The highest BCUT2D eigenvalue weighted by Crippen LogP contribution is 2.34. The molecule has 0 aromatic carbocycles. The van der Waals surface area contributed by atoms with E-state index in [1.165, 1.54) is 25.7 Å². The van der Waals surface area contributed by atoms with E-state index in [0.717, 1.165) is 22.0 Å². The van der Waals surface area contributed by atoms with Gasteiger partial charge < -0.3 is 10.2 Å². The van der Waals surface area contributed by atoms with Crippen LogP contribution in [0.5, 0.6) is 0 Å². The third kappa shape index (κ3) is 2.60. The highest BCUT2D eigenvalue weighted by atomic mass is 79.9. The van der Waals surface area contributed by atoms with Gasteiger partial charge in [-0.1, -0.05) is 19.8 Å². The summed E-state index contributed by atoms with van der Waals surface area (Å²) in [5.74, 6) is 2.55. The van der Waals surface area contributed by atoms with Crippen LogP contribution in [0.1, 0.15) is 32.6 Å². The van der Waals surface area contributed by atoms with Crippen molar-refractivity contribution in [2.75, 3.05) is 24.3 Å². The molecule has 0 spiro atoms. The molecule has 1 aromatic rings. The number of halogens is 1. The Kier molecular flexibility index (Phi) is 4.43. The topological polar surface area (TPSA) is 41.1 Å². The summed E-state index contributed by atoms with van der Waals surface area (Å²) in [6.07, 6.45) is 6.87. The first-order valence-electron chi connectivity index (χ1n) is 6.56. The van der Waals surface area contributed by atoms with Crippen LogP contribution in [0, 0.1) is 5.92 Å². The molecule has 1 saturated carbocycles. The van der Waals surface area contributed by atoms with E-state index in [-0.39, 0.29) is 0 Å². The maximum absolute atomic E-state index is 4.42. The Morgan fingerprint density at radius 3 is 2.72 bits per heavy atom. The van der Waals surface area contributed by atoms with Gasteiger partial charge in [-0.3, -0.25) is 0 Å². The first-order chi connectivity index (χ1) is 8.65. The van der Waals surface area contributed by atoms with Crippen LogP contribution in [0.25, 0.3) is 0 Å². The molecular formula is C13H21BrN4. The molecule has 1 N–H and O–H groups in total. The summed E-state index contributed by atoms with van der Waals surface area (Å²) in [7, 11) is 4.01. The molecule has 0 saturated heterocycles. The second-order valence-electron chi connectivity index (χ2n) is 5.05. The van der Waals surface area contributed by atoms with E-state index in [1.54, 1.807) is 6.33 Å². The molecule has 0 amide bonds. The van der Waals surface area contributed by atoms with Gasteiger partial charge in [0, 0.05) is 20.1 Å². The second kappa shape index (κ2) is 5.87. The Morgan fingerprint density at radius 1 is 1.33 bits per heavy atom. The number of anilines is 2. The zero-order valence-corrected chi connectivity index (χ0v) is 12.9. The summed E-state index contributed by atoms with van der Waals surface area (Å²) in [5.41, 5.74) is 0. The van der Waals surface area contributed by atoms with Crippen molar-refractivity contribution in [2.24, 2.45) is 5.92 Å². The second-order valence-corrected chi connectivity index (χ2v) is 5.84. The van der Waals surface area contributed by atoms with Gasteiger partial charge in [0.2, 0.25) is 0 Å². The van der Waals surface area contributed by atoms with E-state index >= 15 is 0 Å². The third-order valence-corrected chi connectivity index (χ3v) is 4.64. The van der Waals surface area contributed by atoms with Crippen LogP contribution in [0.4, 0.5) is 11.6 Å². The summed E-state index contributed by atoms with van der Waals surface area (Å²) in [4.78, 5) is 10.9. The van der Waals surface area contributed by atoms with Gasteiger partial charge in [0.1, 0.15) is 22.4 Å². The van der Waals surface area contributed by atoms with Crippen LogP contribution >= 0.6 is 15.9 Å². The fourth-order valence-corrected chi connectivity index (χ4v) is 3.49. The summed E-state index contributed by atoms with van der Waals surface area (Å²) in [5, 5.41) is 3.08. The number of aromatic nitrogens is 2. The van der Waals surface area contributed by atoms with Crippen LogP contribution in [-0.4, -0.2) is 30.1 Å². The molecule has 0 radical (unpaired) electrons. The monoisotopic (exact) mass is 312 g/mol. The normalized spacial score (nSPS) is 23.8. The van der Waals surface area contributed by atoms with Gasteiger partial charge in [0.15, 0.2) is 0 Å². The van der Waals surface area contributed by atoms with E-state index in [2.05, 4.69) is 50.1 Å². The Balaban J connectivity index is 2.24. The van der Waals surface area contributed by atoms with Crippen molar-refractivity contribution in [1.29, 1.82) is 0 Å². The lowest BCUT2D eigenvalue weighted by Crippen LogP contribution is -2.39. The predicted molar refractivity (Wildman–Crippen MR) is 79.1 cm³/mol. The van der Waals surface area contributed by atoms with Gasteiger partial charge in [0.25, 0.3) is 0 Å². The lowest BCUT2D eigenvalue weighted by Gasteiger charge is -2.37. The number of nitrogens with zero attached hydrogens (tertiary/aromatic N) is 3. The third-order valence-electron chi connectivity index (χ3n) is 3.91. The Morgan fingerprint density at radius 2 is 2.06 bits per heavy atom. The Labute approximate surface area is 117 Å². The minimum Gasteiger partial charge on any atom is -0.372 e. The maximum Gasteiger partial charge on any atom is 0.148 e. The van der Waals surface area contributed by atoms with Crippen molar-refractivity contribution in [1.82, 2.24) is 9.97 Å². The van der Waals surface area contributed by atoms with Crippen molar-refractivity contribution in [3.8, 4) is 0 Å². The molecule has 0 bridgehead atoms. The summed E-state index contributed by atoms with van der Waals surface area (Å²) in [6, 6.07) is 0.578. The first kappa shape index (κ1) is 13.6. The average molecular weight is 313 g/mol. The molecule has 1 aliphatic carbocycles. The lowest BCUT2D eigenvalue weighted by molar-refractivity contribution is 0.320. The van der Waals surface area contributed by atoms with Crippen molar-refractivity contribution >= 4 is 27.6 Å². The highest BCUT2D eigenvalue weighted by Gasteiger charge is 2.27. The van der Waals surface area contributed by atoms with Gasteiger partial charge in [-0.05, 0) is 34.7 Å². The summed E-state index contributed by atoms with van der Waals surface area (Å²) < 4.78 is 0.952. The Hall–Kier alpha value is -0.840. The number of rotatable bonds is 3. The van der Waals surface area contributed by atoms with E-state index in [0.29, 0.717) is 6.04 Å². The SMILES string of the molecule is CNc1ncnc(N(C)C2CCCCC2C)c1Br. The van der Waals surface area contributed by atoms with Crippen molar-refractivity contribution in [3.05, 3.63) is 10.8 Å².